The molecule has 0 bridgehead atoms. The predicted molar refractivity (Wildman–Crippen MR) is 72.4 cm³/mol. The van der Waals surface area contributed by atoms with Crippen molar-refractivity contribution < 1.29 is 41.0 Å². The largest absolute Gasteiger partial charge is 0.454 e. The number of hydrogen-bond donors (Lipinski definition) is 1. The molecule has 0 heterocycles. The molecule has 1 atom stereocenters. The van der Waals surface area contributed by atoms with Gasteiger partial charge in [0.2, 0.25) is 0 Å². The number of ether oxygens (including phenoxy) is 1. The summed E-state index contributed by atoms with van der Waals surface area (Å²) in [5.41, 5.74) is -8.11. The number of aliphatic hydroxyl groups is 1. The second-order valence-corrected chi connectivity index (χ2v) is 6.71. The van der Waals surface area contributed by atoms with Crippen molar-refractivity contribution in [3.63, 3.8) is 0 Å². The maximum Gasteiger partial charge on any atom is 0.430 e. The van der Waals surface area contributed by atoms with E-state index < -0.39 is 46.3 Å². The lowest BCUT2D eigenvalue weighted by atomic mass is 9.79. The smallest absolute Gasteiger partial charge is 0.430 e. The van der Waals surface area contributed by atoms with E-state index >= 15 is 0 Å². The predicted octanol–water partition coefficient (Wildman–Crippen LogP) is 3.91. The maximum absolute atomic E-state index is 13.1. The van der Waals surface area contributed by atoms with Gasteiger partial charge >= 0.3 is 18.3 Å². The summed E-state index contributed by atoms with van der Waals surface area (Å²) in [5, 5.41) is 9.61. The number of carbonyl (C=O) groups is 1. The van der Waals surface area contributed by atoms with E-state index in [1.54, 1.807) is 29.5 Å². The Hall–Kier alpha value is -0.260. The van der Waals surface area contributed by atoms with Gasteiger partial charge in [0.15, 0.2) is 5.60 Å². The van der Waals surface area contributed by atoms with E-state index in [1.807, 2.05) is 0 Å². The summed E-state index contributed by atoms with van der Waals surface area (Å²) < 4.78 is 82.1. The molecule has 1 aliphatic rings. The summed E-state index contributed by atoms with van der Waals surface area (Å²) in [6.07, 6.45) is -13.2. The van der Waals surface area contributed by atoms with Gasteiger partial charge in [-0.25, -0.2) is 0 Å². The molecule has 22 heavy (non-hydrogen) atoms. The summed E-state index contributed by atoms with van der Waals surface area (Å²) in [6.45, 7) is 1.54. The molecular weight excluding hydrogens is 433 g/mol. The number of halogens is 7. The van der Waals surface area contributed by atoms with Gasteiger partial charge in [0.25, 0.3) is 5.60 Å². The fourth-order valence-corrected chi connectivity index (χ4v) is 2.71. The summed E-state index contributed by atoms with van der Waals surface area (Å²) in [6, 6.07) is 0. The van der Waals surface area contributed by atoms with E-state index in [4.69, 9.17) is 0 Å². The van der Waals surface area contributed by atoms with Crippen LogP contribution in [0.25, 0.3) is 0 Å². The molecule has 1 saturated carbocycles. The highest BCUT2D eigenvalue weighted by Gasteiger charge is 2.81. The van der Waals surface area contributed by atoms with Crippen LogP contribution in [0, 0.1) is 0 Å². The normalized spacial score (nSPS) is 20.8. The fourth-order valence-electron chi connectivity index (χ4n) is 2.58. The summed E-state index contributed by atoms with van der Waals surface area (Å²) in [7, 11) is 0. The van der Waals surface area contributed by atoms with Crippen LogP contribution in [0.3, 0.4) is 0 Å². The third-order valence-electron chi connectivity index (χ3n) is 3.80. The van der Waals surface area contributed by atoms with Gasteiger partial charge < -0.3 is 9.84 Å². The molecule has 130 valence electrons. The number of rotatable bonds is 4. The van der Waals surface area contributed by atoms with Crippen molar-refractivity contribution in [2.75, 3.05) is 0 Å². The van der Waals surface area contributed by atoms with Crippen molar-refractivity contribution in [1.29, 1.82) is 0 Å². The van der Waals surface area contributed by atoms with Crippen LogP contribution in [0.1, 0.15) is 39.0 Å². The zero-order valence-corrected chi connectivity index (χ0v) is 13.7. The zero-order chi connectivity index (χ0) is 17.4. The average molecular weight is 448 g/mol. The van der Waals surface area contributed by atoms with Crippen LogP contribution in [-0.2, 0) is 9.53 Å². The van der Waals surface area contributed by atoms with Gasteiger partial charge in [0.05, 0.1) is 0 Å². The molecule has 1 aliphatic carbocycles. The first-order valence-corrected chi connectivity index (χ1v) is 7.79. The number of carbonyl (C=O) groups excluding carboxylic acids is 1. The molecule has 0 aromatic carbocycles. The minimum atomic E-state index is -6.01. The third kappa shape index (κ3) is 3.17. The van der Waals surface area contributed by atoms with E-state index in [2.05, 4.69) is 4.74 Å². The Morgan fingerprint density at radius 2 is 1.59 bits per heavy atom. The van der Waals surface area contributed by atoms with Crippen molar-refractivity contribution >= 4 is 28.6 Å². The van der Waals surface area contributed by atoms with Crippen molar-refractivity contribution in [2.24, 2.45) is 0 Å². The van der Waals surface area contributed by atoms with E-state index in [9.17, 15) is 36.2 Å². The van der Waals surface area contributed by atoms with E-state index in [-0.39, 0.29) is 19.3 Å². The lowest BCUT2D eigenvalue weighted by molar-refractivity contribution is -0.411. The first-order chi connectivity index (χ1) is 9.82. The minimum absolute atomic E-state index is 0.000211. The van der Waals surface area contributed by atoms with Crippen LogP contribution in [0.4, 0.5) is 26.3 Å². The molecule has 0 saturated heterocycles. The van der Waals surface area contributed by atoms with Gasteiger partial charge in [0, 0.05) is 0 Å². The lowest BCUT2D eigenvalue weighted by Crippen LogP contribution is -2.71. The van der Waals surface area contributed by atoms with Gasteiger partial charge in [-0.05, 0) is 32.1 Å². The Morgan fingerprint density at radius 3 is 1.91 bits per heavy atom. The molecule has 1 fully saturated rings. The van der Waals surface area contributed by atoms with Crippen LogP contribution >= 0.6 is 22.6 Å². The molecule has 0 amide bonds. The molecule has 1 rings (SSSR count). The molecule has 3 nitrogen and oxygen atoms in total. The van der Waals surface area contributed by atoms with Gasteiger partial charge in [-0.1, -0.05) is 29.5 Å². The van der Waals surface area contributed by atoms with Crippen molar-refractivity contribution in [3.05, 3.63) is 0 Å². The Kier molecular flexibility index (Phi) is 5.69. The molecule has 1 N–H and O–H groups in total. The first-order valence-electron chi connectivity index (χ1n) is 6.55. The molecule has 0 aromatic rings. The van der Waals surface area contributed by atoms with E-state index in [0.29, 0.717) is 0 Å². The zero-order valence-electron chi connectivity index (χ0n) is 11.5. The first kappa shape index (κ1) is 19.8. The number of esters is 1. The molecule has 0 aromatic heterocycles. The number of alkyl halides is 7. The van der Waals surface area contributed by atoms with Crippen LogP contribution in [-0.4, -0.2) is 38.6 Å². The van der Waals surface area contributed by atoms with E-state index in [0.717, 1.165) is 0 Å². The standard InChI is InChI=1S/C12H15F6IO3/c1-2-7(19)8(20)22-9(5-3-4-6-9)10(21,11(13,14)15)12(16,17)18/h7,21H,2-6H2,1H3. The molecule has 10 heteroatoms. The van der Waals surface area contributed by atoms with Gasteiger partial charge in [-0.3, -0.25) is 4.79 Å². The second-order valence-electron chi connectivity index (χ2n) is 5.20. The number of hydrogen-bond acceptors (Lipinski definition) is 3. The molecule has 0 aliphatic heterocycles. The molecule has 1 unspecified atom stereocenters. The van der Waals surface area contributed by atoms with Gasteiger partial charge in [0.1, 0.15) is 3.92 Å². The Balaban J connectivity index is 3.35. The van der Waals surface area contributed by atoms with Gasteiger partial charge in [-0.15, -0.1) is 0 Å². The van der Waals surface area contributed by atoms with Crippen LogP contribution < -0.4 is 0 Å². The van der Waals surface area contributed by atoms with Crippen LogP contribution in [0.15, 0.2) is 0 Å². The Morgan fingerprint density at radius 1 is 1.18 bits per heavy atom. The van der Waals surface area contributed by atoms with Gasteiger partial charge in [-0.2, -0.15) is 26.3 Å². The Bertz CT molecular complexity index is 400. The van der Waals surface area contributed by atoms with Crippen LogP contribution in [0.5, 0.6) is 0 Å². The Labute approximate surface area is 136 Å². The highest BCUT2D eigenvalue weighted by molar-refractivity contribution is 14.1. The topological polar surface area (TPSA) is 46.5 Å². The second kappa shape index (κ2) is 6.33. The summed E-state index contributed by atoms with van der Waals surface area (Å²) in [4.78, 5) is 11.8. The molecule has 0 radical (unpaired) electrons. The summed E-state index contributed by atoms with van der Waals surface area (Å²) in [5.74, 6) is -1.18. The quantitative estimate of drug-likeness (QED) is 0.307. The average Bonchev–Trinajstić information content (AvgIpc) is 2.83. The monoisotopic (exact) mass is 448 g/mol. The molecular formula is C12H15F6IO3. The summed E-state index contributed by atoms with van der Waals surface area (Å²) >= 11 is 1.58. The SMILES string of the molecule is CCC(I)C(=O)OC1(C(O)(C(F)(F)F)C(F)(F)F)CCCC1. The molecule has 0 spiro atoms. The van der Waals surface area contributed by atoms with Crippen molar-refractivity contribution in [2.45, 2.75) is 66.5 Å². The van der Waals surface area contributed by atoms with E-state index in [1.165, 1.54) is 0 Å². The third-order valence-corrected chi connectivity index (χ3v) is 5.19. The van der Waals surface area contributed by atoms with Crippen molar-refractivity contribution in [3.8, 4) is 0 Å². The highest BCUT2D eigenvalue weighted by Crippen LogP contribution is 2.56. The van der Waals surface area contributed by atoms with Crippen LogP contribution in [0.2, 0.25) is 0 Å². The minimum Gasteiger partial charge on any atom is -0.454 e. The van der Waals surface area contributed by atoms with Crippen molar-refractivity contribution in [1.82, 2.24) is 0 Å². The lowest BCUT2D eigenvalue weighted by Gasteiger charge is -2.45. The maximum atomic E-state index is 13.1. The fraction of sp³-hybridized carbons (Fsp3) is 0.917. The highest BCUT2D eigenvalue weighted by atomic mass is 127.